The molecule has 0 bridgehead atoms. The zero-order chi connectivity index (χ0) is 14.8. The predicted molar refractivity (Wildman–Crippen MR) is 81.1 cm³/mol. The zero-order valence-corrected chi connectivity index (χ0v) is 13.0. The fourth-order valence-electron chi connectivity index (χ4n) is 2.49. The standard InChI is InChI=1S/C14H18FN5S/c1-10-13(15)14(17-9-16-10)20-5-3-19(4-6-20)7-12-8-21-11(2)18-12/h8-9H,3-7H2,1-2H3. The van der Waals surface area contributed by atoms with Gasteiger partial charge in [0.1, 0.15) is 6.33 Å². The summed E-state index contributed by atoms with van der Waals surface area (Å²) in [5, 5.41) is 3.21. The molecule has 0 radical (unpaired) electrons. The average molecular weight is 307 g/mol. The lowest BCUT2D eigenvalue weighted by atomic mass is 10.2. The second-order valence-electron chi connectivity index (χ2n) is 5.22. The summed E-state index contributed by atoms with van der Waals surface area (Å²) >= 11 is 1.68. The van der Waals surface area contributed by atoms with E-state index in [0.29, 0.717) is 11.5 Å². The van der Waals surface area contributed by atoms with Gasteiger partial charge in [-0.3, -0.25) is 4.90 Å². The summed E-state index contributed by atoms with van der Waals surface area (Å²) in [7, 11) is 0. The Bertz CT molecular complexity index is 622. The van der Waals surface area contributed by atoms with Crippen molar-refractivity contribution in [2.45, 2.75) is 20.4 Å². The summed E-state index contributed by atoms with van der Waals surface area (Å²) in [5.74, 6) is 0.118. The summed E-state index contributed by atoms with van der Waals surface area (Å²) in [4.78, 5) is 16.8. The van der Waals surface area contributed by atoms with Crippen LogP contribution in [0.1, 0.15) is 16.4 Å². The molecule has 2 aromatic rings. The molecule has 21 heavy (non-hydrogen) atoms. The lowest BCUT2D eigenvalue weighted by Crippen LogP contribution is -2.46. The molecule has 0 N–H and O–H groups in total. The van der Waals surface area contributed by atoms with Gasteiger partial charge in [-0.05, 0) is 13.8 Å². The van der Waals surface area contributed by atoms with E-state index in [4.69, 9.17) is 0 Å². The maximum Gasteiger partial charge on any atom is 0.186 e. The van der Waals surface area contributed by atoms with E-state index in [1.54, 1.807) is 18.3 Å². The van der Waals surface area contributed by atoms with Gasteiger partial charge in [-0.15, -0.1) is 11.3 Å². The van der Waals surface area contributed by atoms with Crippen molar-refractivity contribution in [1.29, 1.82) is 0 Å². The van der Waals surface area contributed by atoms with Crippen LogP contribution in [0.4, 0.5) is 10.2 Å². The highest BCUT2D eigenvalue weighted by molar-refractivity contribution is 7.09. The van der Waals surface area contributed by atoms with Gasteiger partial charge in [0.15, 0.2) is 11.6 Å². The number of hydrogen-bond donors (Lipinski definition) is 0. The molecule has 0 amide bonds. The van der Waals surface area contributed by atoms with Crippen LogP contribution >= 0.6 is 11.3 Å². The van der Waals surface area contributed by atoms with Crippen molar-refractivity contribution >= 4 is 17.2 Å². The number of piperazine rings is 1. The van der Waals surface area contributed by atoms with E-state index in [2.05, 4.69) is 25.2 Å². The van der Waals surface area contributed by atoms with Gasteiger partial charge < -0.3 is 4.90 Å². The van der Waals surface area contributed by atoms with E-state index in [0.717, 1.165) is 43.4 Å². The van der Waals surface area contributed by atoms with Gasteiger partial charge in [-0.2, -0.15) is 0 Å². The first-order valence-corrected chi connectivity index (χ1v) is 7.87. The van der Waals surface area contributed by atoms with Crippen LogP contribution in [0.3, 0.4) is 0 Å². The molecule has 112 valence electrons. The molecule has 0 atom stereocenters. The van der Waals surface area contributed by atoms with Gasteiger partial charge >= 0.3 is 0 Å². The van der Waals surface area contributed by atoms with Crippen LogP contribution in [0, 0.1) is 19.7 Å². The fourth-order valence-corrected chi connectivity index (χ4v) is 3.10. The molecule has 0 unspecified atom stereocenters. The third-order valence-electron chi connectivity index (χ3n) is 3.67. The van der Waals surface area contributed by atoms with Gasteiger partial charge in [-0.25, -0.2) is 19.3 Å². The topological polar surface area (TPSA) is 45.2 Å². The normalized spacial score (nSPS) is 16.4. The Morgan fingerprint density at radius 2 is 1.95 bits per heavy atom. The summed E-state index contributed by atoms with van der Waals surface area (Å²) in [5.41, 5.74) is 1.52. The maximum atomic E-state index is 14.0. The van der Waals surface area contributed by atoms with Crippen molar-refractivity contribution in [2.24, 2.45) is 0 Å². The van der Waals surface area contributed by atoms with E-state index in [1.807, 2.05) is 11.8 Å². The first kappa shape index (κ1) is 14.3. The Hall–Kier alpha value is -1.60. The zero-order valence-electron chi connectivity index (χ0n) is 12.2. The third-order valence-corrected chi connectivity index (χ3v) is 4.49. The average Bonchev–Trinajstić information content (AvgIpc) is 2.88. The van der Waals surface area contributed by atoms with E-state index in [1.165, 1.54) is 6.33 Å². The minimum atomic E-state index is -0.305. The molecule has 2 aromatic heterocycles. The van der Waals surface area contributed by atoms with E-state index in [9.17, 15) is 4.39 Å². The van der Waals surface area contributed by atoms with Crippen LogP contribution < -0.4 is 4.90 Å². The number of thiazole rings is 1. The SMILES string of the molecule is Cc1nc(CN2CCN(c3ncnc(C)c3F)CC2)cs1. The Morgan fingerprint density at radius 3 is 2.62 bits per heavy atom. The van der Waals surface area contributed by atoms with Crippen molar-refractivity contribution in [3.05, 3.63) is 33.9 Å². The number of rotatable bonds is 3. The molecule has 1 saturated heterocycles. The fraction of sp³-hybridized carbons (Fsp3) is 0.500. The number of anilines is 1. The highest BCUT2D eigenvalue weighted by atomic mass is 32.1. The highest BCUT2D eigenvalue weighted by Crippen LogP contribution is 2.19. The molecule has 5 nitrogen and oxygen atoms in total. The highest BCUT2D eigenvalue weighted by Gasteiger charge is 2.22. The first-order valence-electron chi connectivity index (χ1n) is 6.99. The van der Waals surface area contributed by atoms with E-state index < -0.39 is 0 Å². The molecule has 1 aliphatic rings. The lowest BCUT2D eigenvalue weighted by molar-refractivity contribution is 0.246. The van der Waals surface area contributed by atoms with Crippen LogP contribution in [0.15, 0.2) is 11.7 Å². The van der Waals surface area contributed by atoms with Crippen molar-refractivity contribution in [2.75, 3.05) is 31.1 Å². The number of halogens is 1. The summed E-state index contributed by atoms with van der Waals surface area (Å²) in [6.45, 7) is 7.88. The second kappa shape index (κ2) is 6.03. The second-order valence-corrected chi connectivity index (χ2v) is 6.28. The molecule has 0 aromatic carbocycles. The summed E-state index contributed by atoms with van der Waals surface area (Å²) in [6, 6.07) is 0. The molecule has 3 heterocycles. The number of nitrogens with zero attached hydrogens (tertiary/aromatic N) is 5. The molecule has 1 fully saturated rings. The van der Waals surface area contributed by atoms with Crippen LogP contribution in [-0.4, -0.2) is 46.0 Å². The molecular weight excluding hydrogens is 289 g/mol. The van der Waals surface area contributed by atoms with Crippen LogP contribution in [-0.2, 0) is 6.54 Å². The predicted octanol–water partition coefficient (Wildman–Crippen LogP) is 2.01. The number of hydrogen-bond acceptors (Lipinski definition) is 6. The molecule has 1 aliphatic heterocycles. The minimum Gasteiger partial charge on any atom is -0.352 e. The molecule has 0 saturated carbocycles. The van der Waals surface area contributed by atoms with Crippen LogP contribution in [0.5, 0.6) is 0 Å². The van der Waals surface area contributed by atoms with Crippen molar-refractivity contribution in [1.82, 2.24) is 19.9 Å². The van der Waals surface area contributed by atoms with Crippen molar-refractivity contribution in [3.63, 3.8) is 0 Å². The Morgan fingerprint density at radius 1 is 1.19 bits per heavy atom. The van der Waals surface area contributed by atoms with Crippen molar-refractivity contribution in [3.8, 4) is 0 Å². The van der Waals surface area contributed by atoms with Crippen molar-refractivity contribution < 1.29 is 4.39 Å². The van der Waals surface area contributed by atoms with Gasteiger partial charge in [0.2, 0.25) is 0 Å². The molecule has 3 rings (SSSR count). The summed E-state index contributed by atoms with van der Waals surface area (Å²) in [6.07, 6.45) is 1.43. The van der Waals surface area contributed by atoms with Crippen LogP contribution in [0.2, 0.25) is 0 Å². The molecule has 0 aliphatic carbocycles. The summed E-state index contributed by atoms with van der Waals surface area (Å²) < 4.78 is 14.0. The Labute approximate surface area is 127 Å². The monoisotopic (exact) mass is 307 g/mol. The smallest absolute Gasteiger partial charge is 0.186 e. The maximum absolute atomic E-state index is 14.0. The quantitative estimate of drug-likeness (QED) is 0.868. The molecule has 0 spiro atoms. The minimum absolute atomic E-state index is 0.305. The van der Waals surface area contributed by atoms with E-state index in [-0.39, 0.29) is 5.82 Å². The largest absolute Gasteiger partial charge is 0.352 e. The van der Waals surface area contributed by atoms with E-state index >= 15 is 0 Å². The third kappa shape index (κ3) is 3.19. The van der Waals surface area contributed by atoms with Crippen LogP contribution in [0.25, 0.3) is 0 Å². The van der Waals surface area contributed by atoms with Gasteiger partial charge in [0.05, 0.1) is 16.4 Å². The van der Waals surface area contributed by atoms with Gasteiger partial charge in [0.25, 0.3) is 0 Å². The number of aryl methyl sites for hydroxylation is 2. The molecular formula is C14H18FN5S. The Balaban J connectivity index is 1.61. The lowest BCUT2D eigenvalue weighted by Gasteiger charge is -2.35. The van der Waals surface area contributed by atoms with Gasteiger partial charge in [-0.1, -0.05) is 0 Å². The van der Waals surface area contributed by atoms with Gasteiger partial charge in [0, 0.05) is 38.1 Å². The first-order chi connectivity index (χ1) is 10.1. The number of aromatic nitrogens is 3. The Kier molecular flexibility index (Phi) is 4.12. The molecule has 7 heteroatoms.